The first kappa shape index (κ1) is 21.5. The first-order valence-electron chi connectivity index (χ1n) is 8.68. The molecular formula is C20H18N2O6S2. The number of ketones is 2. The quantitative estimate of drug-likeness (QED) is 0.511. The molecule has 10 heteroatoms. The van der Waals surface area contributed by atoms with E-state index in [0.29, 0.717) is 0 Å². The number of rotatable bonds is 8. The number of nitrogens with one attached hydrogen (secondary N) is 2. The molecule has 2 N–H and O–H groups in total. The molecule has 0 fully saturated rings. The first-order chi connectivity index (χ1) is 14.1. The standard InChI is InChI=1S/C20H18N2O6S2/c1-3-11-29(25,26)21-16-10-9-15-17(18(16)22-30(27,28)12-4-2)20(24)14-8-6-5-7-13(14)19(15)23/h3-10,21-22H,1-2,11-12H2. The second kappa shape index (κ2) is 7.88. The summed E-state index contributed by atoms with van der Waals surface area (Å²) in [6.07, 6.45) is 2.30. The highest BCUT2D eigenvalue weighted by atomic mass is 32.2. The Kier molecular flexibility index (Phi) is 5.64. The minimum Gasteiger partial charge on any atom is -0.289 e. The van der Waals surface area contributed by atoms with Gasteiger partial charge in [-0.15, -0.1) is 13.2 Å². The Morgan fingerprint density at radius 2 is 1.27 bits per heavy atom. The number of hydrogen-bond acceptors (Lipinski definition) is 6. The van der Waals surface area contributed by atoms with E-state index in [9.17, 15) is 26.4 Å². The van der Waals surface area contributed by atoms with E-state index in [-0.39, 0.29) is 33.6 Å². The van der Waals surface area contributed by atoms with Gasteiger partial charge in [0, 0.05) is 16.7 Å². The Hall–Kier alpha value is -3.24. The fraction of sp³-hybridized carbons (Fsp3) is 0.100. The smallest absolute Gasteiger partial charge is 0.236 e. The monoisotopic (exact) mass is 446 g/mol. The van der Waals surface area contributed by atoms with Crippen molar-refractivity contribution in [3.05, 3.63) is 84.0 Å². The summed E-state index contributed by atoms with van der Waals surface area (Å²) in [5, 5.41) is 0. The van der Waals surface area contributed by atoms with Gasteiger partial charge in [0.25, 0.3) is 0 Å². The van der Waals surface area contributed by atoms with E-state index in [0.717, 1.165) is 12.2 Å². The van der Waals surface area contributed by atoms with Gasteiger partial charge < -0.3 is 0 Å². The highest BCUT2D eigenvalue weighted by Crippen LogP contribution is 2.37. The van der Waals surface area contributed by atoms with E-state index in [1.54, 1.807) is 12.1 Å². The van der Waals surface area contributed by atoms with Crippen molar-refractivity contribution in [3.8, 4) is 0 Å². The average molecular weight is 447 g/mol. The second-order valence-corrected chi connectivity index (χ2v) is 9.99. The number of carbonyl (C=O) groups excluding carboxylic acids is 2. The summed E-state index contributed by atoms with van der Waals surface area (Å²) in [5.41, 5.74) is -0.439. The van der Waals surface area contributed by atoms with Gasteiger partial charge in [0.2, 0.25) is 20.0 Å². The molecule has 3 rings (SSSR count). The lowest BCUT2D eigenvalue weighted by atomic mass is 9.83. The van der Waals surface area contributed by atoms with Crippen molar-refractivity contribution in [1.82, 2.24) is 0 Å². The molecule has 1 aliphatic rings. The zero-order valence-corrected chi connectivity index (χ0v) is 17.3. The fourth-order valence-electron chi connectivity index (χ4n) is 3.09. The van der Waals surface area contributed by atoms with Crippen LogP contribution in [0.15, 0.2) is 61.7 Å². The number of anilines is 2. The van der Waals surface area contributed by atoms with E-state index in [2.05, 4.69) is 22.6 Å². The fourth-order valence-corrected chi connectivity index (χ4v) is 4.91. The maximum Gasteiger partial charge on any atom is 0.236 e. The van der Waals surface area contributed by atoms with E-state index in [1.165, 1.54) is 24.3 Å². The normalized spacial score (nSPS) is 13.2. The molecule has 0 bridgehead atoms. The SMILES string of the molecule is C=CCS(=O)(=O)Nc1ccc2c(c1NS(=O)(=O)CC=C)C(=O)c1ccccc1C2=O. The van der Waals surface area contributed by atoms with Crippen LogP contribution < -0.4 is 9.44 Å². The molecule has 0 radical (unpaired) electrons. The minimum absolute atomic E-state index is 0.0262. The van der Waals surface area contributed by atoms with Crippen LogP contribution in [0.4, 0.5) is 11.4 Å². The molecule has 0 amide bonds. The number of benzene rings is 2. The molecule has 0 unspecified atom stereocenters. The van der Waals surface area contributed by atoms with Crippen LogP contribution in [0.5, 0.6) is 0 Å². The highest BCUT2D eigenvalue weighted by Gasteiger charge is 2.34. The molecule has 2 aromatic rings. The molecule has 8 nitrogen and oxygen atoms in total. The van der Waals surface area contributed by atoms with Crippen molar-refractivity contribution >= 4 is 43.0 Å². The second-order valence-electron chi connectivity index (χ2n) is 6.46. The minimum atomic E-state index is -4.01. The number of fused-ring (bicyclic) bond motifs is 2. The van der Waals surface area contributed by atoms with E-state index < -0.39 is 43.1 Å². The summed E-state index contributed by atoms with van der Waals surface area (Å²) in [4.78, 5) is 26.1. The van der Waals surface area contributed by atoms with Crippen LogP contribution in [0.2, 0.25) is 0 Å². The van der Waals surface area contributed by atoms with Crippen LogP contribution in [0.3, 0.4) is 0 Å². The lowest BCUT2D eigenvalue weighted by Gasteiger charge is -2.23. The molecule has 2 aromatic carbocycles. The summed E-state index contributed by atoms with van der Waals surface area (Å²) >= 11 is 0. The number of hydrogen-bond donors (Lipinski definition) is 2. The lowest BCUT2D eigenvalue weighted by Crippen LogP contribution is -2.26. The zero-order valence-electron chi connectivity index (χ0n) is 15.7. The molecule has 0 saturated heterocycles. The zero-order chi connectivity index (χ0) is 22.1. The van der Waals surface area contributed by atoms with Crippen LogP contribution >= 0.6 is 0 Å². The third-order valence-corrected chi connectivity index (χ3v) is 6.69. The molecule has 0 saturated carbocycles. The Morgan fingerprint density at radius 3 is 1.83 bits per heavy atom. The van der Waals surface area contributed by atoms with E-state index >= 15 is 0 Å². The van der Waals surface area contributed by atoms with Crippen LogP contribution in [0.1, 0.15) is 31.8 Å². The summed E-state index contributed by atoms with van der Waals surface area (Å²) in [6, 6.07) is 8.68. The van der Waals surface area contributed by atoms with Gasteiger partial charge in [-0.1, -0.05) is 36.4 Å². The Balaban J connectivity index is 2.26. The van der Waals surface area contributed by atoms with Gasteiger partial charge in [-0.2, -0.15) is 0 Å². The van der Waals surface area contributed by atoms with Crippen LogP contribution in [0.25, 0.3) is 0 Å². The third-order valence-electron chi connectivity index (χ3n) is 4.29. The summed E-state index contributed by atoms with van der Waals surface area (Å²) < 4.78 is 53.7. The number of sulfonamides is 2. The molecule has 0 atom stereocenters. The molecule has 0 heterocycles. The predicted octanol–water partition coefficient (Wildman–Crippen LogP) is 2.32. The Bertz CT molecular complexity index is 1290. The predicted molar refractivity (Wildman–Crippen MR) is 115 cm³/mol. The topological polar surface area (TPSA) is 126 Å². The van der Waals surface area contributed by atoms with Crippen LogP contribution in [-0.2, 0) is 20.0 Å². The maximum atomic E-state index is 13.2. The van der Waals surface area contributed by atoms with Gasteiger partial charge in [-0.25, -0.2) is 16.8 Å². The molecule has 0 aliphatic heterocycles. The van der Waals surface area contributed by atoms with Crippen molar-refractivity contribution in [2.24, 2.45) is 0 Å². The molecule has 1 aliphatic carbocycles. The lowest BCUT2D eigenvalue weighted by molar-refractivity contribution is 0.0980. The van der Waals surface area contributed by atoms with Crippen molar-refractivity contribution in [2.75, 3.05) is 20.9 Å². The first-order valence-corrected chi connectivity index (χ1v) is 12.0. The van der Waals surface area contributed by atoms with Gasteiger partial charge in [0.15, 0.2) is 11.6 Å². The van der Waals surface area contributed by atoms with Crippen LogP contribution in [-0.4, -0.2) is 39.9 Å². The van der Waals surface area contributed by atoms with E-state index in [4.69, 9.17) is 0 Å². The largest absolute Gasteiger partial charge is 0.289 e. The molecule has 30 heavy (non-hydrogen) atoms. The van der Waals surface area contributed by atoms with Gasteiger partial charge in [0.05, 0.1) is 28.4 Å². The van der Waals surface area contributed by atoms with Gasteiger partial charge in [-0.05, 0) is 12.1 Å². The van der Waals surface area contributed by atoms with Gasteiger partial charge in [-0.3, -0.25) is 19.0 Å². The maximum absolute atomic E-state index is 13.2. The van der Waals surface area contributed by atoms with Gasteiger partial charge in [0.1, 0.15) is 0 Å². The molecule has 156 valence electrons. The van der Waals surface area contributed by atoms with Crippen molar-refractivity contribution in [1.29, 1.82) is 0 Å². The van der Waals surface area contributed by atoms with Crippen molar-refractivity contribution in [2.45, 2.75) is 0 Å². The van der Waals surface area contributed by atoms with Crippen molar-refractivity contribution in [3.63, 3.8) is 0 Å². The number of carbonyl (C=O) groups is 2. The Labute approximate surface area is 174 Å². The average Bonchev–Trinajstić information content (AvgIpc) is 2.66. The summed E-state index contributed by atoms with van der Waals surface area (Å²) in [7, 11) is -7.93. The van der Waals surface area contributed by atoms with E-state index in [1.807, 2.05) is 0 Å². The third kappa shape index (κ3) is 4.05. The molecular weight excluding hydrogens is 428 g/mol. The molecule has 0 aromatic heterocycles. The summed E-state index contributed by atoms with van der Waals surface area (Å²) in [5.74, 6) is -1.97. The Morgan fingerprint density at radius 1 is 0.733 bits per heavy atom. The van der Waals surface area contributed by atoms with Crippen LogP contribution in [0, 0.1) is 0 Å². The highest BCUT2D eigenvalue weighted by molar-refractivity contribution is 7.93. The van der Waals surface area contributed by atoms with Gasteiger partial charge >= 0.3 is 0 Å². The summed E-state index contributed by atoms with van der Waals surface area (Å²) in [6.45, 7) is 6.75. The molecule has 0 spiro atoms. The van der Waals surface area contributed by atoms with Crippen molar-refractivity contribution < 1.29 is 26.4 Å².